The van der Waals surface area contributed by atoms with Gasteiger partial charge in [-0.15, -0.1) is 0 Å². The SMILES string of the molecule is CCC(O)(CC)C(Cl)(Cl)C(=O)c1ccc(C)cc1. The molecule has 0 aromatic heterocycles. The predicted octanol–water partition coefficient (Wildman–Crippen LogP) is 3.90. The molecule has 1 aromatic carbocycles. The van der Waals surface area contributed by atoms with Crippen LogP contribution in [-0.2, 0) is 0 Å². The summed E-state index contributed by atoms with van der Waals surface area (Å²) in [7, 11) is 0. The number of Topliss-reactive ketones (excluding diaryl/α,β-unsaturated/α-hetero) is 1. The molecule has 18 heavy (non-hydrogen) atoms. The van der Waals surface area contributed by atoms with E-state index >= 15 is 0 Å². The Labute approximate surface area is 118 Å². The molecule has 0 aliphatic heterocycles. The van der Waals surface area contributed by atoms with Gasteiger partial charge in [0.2, 0.25) is 10.1 Å². The lowest BCUT2D eigenvalue weighted by Gasteiger charge is -2.36. The molecular formula is C14H18Cl2O2. The summed E-state index contributed by atoms with van der Waals surface area (Å²) >= 11 is 12.3. The number of aryl methyl sites for hydroxylation is 1. The Balaban J connectivity index is 3.12. The Kier molecular flexibility index (Phi) is 4.82. The number of halogens is 2. The number of ketones is 1. The molecule has 1 aromatic rings. The molecule has 0 unspecified atom stereocenters. The molecule has 0 saturated carbocycles. The summed E-state index contributed by atoms with van der Waals surface area (Å²) in [5.74, 6) is -0.461. The average molecular weight is 289 g/mol. The first kappa shape index (κ1) is 15.5. The highest BCUT2D eigenvalue weighted by atomic mass is 35.5. The van der Waals surface area contributed by atoms with Gasteiger partial charge in [0.1, 0.15) is 5.60 Å². The van der Waals surface area contributed by atoms with Crippen LogP contribution in [0.3, 0.4) is 0 Å². The van der Waals surface area contributed by atoms with E-state index in [0.29, 0.717) is 18.4 Å². The van der Waals surface area contributed by atoms with Crippen molar-refractivity contribution in [2.45, 2.75) is 43.5 Å². The maximum atomic E-state index is 12.3. The Morgan fingerprint density at radius 3 is 2.00 bits per heavy atom. The zero-order chi connectivity index (χ0) is 14.0. The normalized spacial score (nSPS) is 12.6. The lowest BCUT2D eigenvalue weighted by atomic mass is 9.88. The van der Waals surface area contributed by atoms with Gasteiger partial charge in [0.25, 0.3) is 0 Å². The molecule has 0 amide bonds. The maximum Gasteiger partial charge on any atom is 0.208 e. The van der Waals surface area contributed by atoms with Crippen molar-refractivity contribution in [3.63, 3.8) is 0 Å². The fourth-order valence-corrected chi connectivity index (χ4v) is 2.54. The van der Waals surface area contributed by atoms with Crippen molar-refractivity contribution in [1.29, 1.82) is 0 Å². The summed E-state index contributed by atoms with van der Waals surface area (Å²) in [4.78, 5) is 12.3. The fourth-order valence-electron chi connectivity index (χ4n) is 1.79. The minimum atomic E-state index is -1.83. The van der Waals surface area contributed by atoms with Gasteiger partial charge in [-0.3, -0.25) is 4.79 Å². The molecule has 0 bridgehead atoms. The lowest BCUT2D eigenvalue weighted by molar-refractivity contribution is 0.0169. The number of hydrogen-bond acceptors (Lipinski definition) is 2. The van der Waals surface area contributed by atoms with Crippen molar-refractivity contribution in [3.8, 4) is 0 Å². The van der Waals surface area contributed by atoms with Gasteiger partial charge in [0, 0.05) is 5.56 Å². The van der Waals surface area contributed by atoms with Crippen molar-refractivity contribution in [2.24, 2.45) is 0 Å². The third kappa shape index (κ3) is 2.71. The smallest absolute Gasteiger partial charge is 0.208 e. The molecule has 1 N–H and O–H groups in total. The summed E-state index contributed by atoms with van der Waals surface area (Å²) in [5.41, 5.74) is 0.0337. The van der Waals surface area contributed by atoms with Crippen LogP contribution in [-0.4, -0.2) is 20.8 Å². The Hall–Kier alpha value is -0.570. The predicted molar refractivity (Wildman–Crippen MR) is 75.5 cm³/mol. The number of alkyl halides is 2. The molecule has 0 saturated heterocycles. The molecule has 0 radical (unpaired) electrons. The molecule has 100 valence electrons. The summed E-state index contributed by atoms with van der Waals surface area (Å²) < 4.78 is -1.83. The molecule has 0 spiro atoms. The van der Waals surface area contributed by atoms with Crippen LogP contribution in [0.5, 0.6) is 0 Å². The quantitative estimate of drug-likeness (QED) is 0.659. The lowest BCUT2D eigenvalue weighted by Crippen LogP contribution is -2.50. The third-order valence-electron chi connectivity index (χ3n) is 3.35. The van der Waals surface area contributed by atoms with Gasteiger partial charge in [-0.1, -0.05) is 66.9 Å². The van der Waals surface area contributed by atoms with Crippen molar-refractivity contribution in [3.05, 3.63) is 35.4 Å². The zero-order valence-corrected chi connectivity index (χ0v) is 12.3. The van der Waals surface area contributed by atoms with Gasteiger partial charge >= 0.3 is 0 Å². The first-order valence-corrected chi connectivity index (χ1v) is 6.75. The van der Waals surface area contributed by atoms with Crippen LogP contribution < -0.4 is 0 Å². The van der Waals surface area contributed by atoms with Crippen LogP contribution in [0.1, 0.15) is 42.6 Å². The minimum absolute atomic E-state index is 0.314. The van der Waals surface area contributed by atoms with Gasteiger partial charge in [0.05, 0.1) is 0 Å². The maximum absolute atomic E-state index is 12.3. The van der Waals surface area contributed by atoms with Crippen LogP contribution in [0, 0.1) is 6.92 Å². The van der Waals surface area contributed by atoms with Crippen LogP contribution in [0.15, 0.2) is 24.3 Å². The molecule has 0 heterocycles. The fraction of sp³-hybridized carbons (Fsp3) is 0.500. The van der Waals surface area contributed by atoms with Crippen molar-refractivity contribution in [2.75, 3.05) is 0 Å². The topological polar surface area (TPSA) is 37.3 Å². The molecular weight excluding hydrogens is 271 g/mol. The van der Waals surface area contributed by atoms with Gasteiger partial charge < -0.3 is 5.11 Å². The van der Waals surface area contributed by atoms with Gasteiger partial charge in [-0.2, -0.15) is 0 Å². The zero-order valence-electron chi connectivity index (χ0n) is 10.8. The Morgan fingerprint density at radius 2 is 1.61 bits per heavy atom. The van der Waals surface area contributed by atoms with Crippen LogP contribution in [0.2, 0.25) is 0 Å². The Morgan fingerprint density at radius 1 is 1.17 bits per heavy atom. The average Bonchev–Trinajstić information content (AvgIpc) is 2.37. The highest BCUT2D eigenvalue weighted by molar-refractivity contribution is 6.60. The molecule has 0 fully saturated rings. The van der Waals surface area contributed by atoms with E-state index in [1.54, 1.807) is 26.0 Å². The summed E-state index contributed by atoms with van der Waals surface area (Å²) in [6, 6.07) is 6.97. The van der Waals surface area contributed by atoms with E-state index in [9.17, 15) is 9.90 Å². The molecule has 0 atom stereocenters. The van der Waals surface area contributed by atoms with E-state index < -0.39 is 15.7 Å². The van der Waals surface area contributed by atoms with E-state index in [2.05, 4.69) is 0 Å². The first-order valence-electron chi connectivity index (χ1n) is 6.00. The number of carbonyl (C=O) groups is 1. The van der Waals surface area contributed by atoms with Crippen LogP contribution in [0.25, 0.3) is 0 Å². The van der Waals surface area contributed by atoms with Gasteiger partial charge in [-0.25, -0.2) is 0 Å². The summed E-state index contributed by atoms with van der Waals surface area (Å²) in [6.45, 7) is 5.44. The standard InChI is InChI=1S/C14H18Cl2O2/c1-4-13(18,5-2)14(15,16)12(17)11-8-6-10(3)7-9-11/h6-9,18H,4-5H2,1-3H3. The number of carbonyl (C=O) groups excluding carboxylic acids is 1. The second-order valence-electron chi connectivity index (χ2n) is 4.51. The molecule has 0 aliphatic carbocycles. The number of aliphatic hydroxyl groups is 1. The number of hydrogen-bond donors (Lipinski definition) is 1. The third-order valence-corrected chi connectivity index (χ3v) is 4.40. The highest BCUT2D eigenvalue weighted by Crippen LogP contribution is 2.41. The summed E-state index contributed by atoms with van der Waals surface area (Å²) in [5, 5.41) is 10.4. The van der Waals surface area contributed by atoms with E-state index in [-0.39, 0.29) is 0 Å². The van der Waals surface area contributed by atoms with Crippen molar-refractivity contribution < 1.29 is 9.90 Å². The molecule has 4 heteroatoms. The van der Waals surface area contributed by atoms with E-state index in [1.165, 1.54) is 0 Å². The molecule has 2 nitrogen and oxygen atoms in total. The summed E-state index contributed by atoms with van der Waals surface area (Å²) in [6.07, 6.45) is 0.627. The van der Waals surface area contributed by atoms with E-state index in [4.69, 9.17) is 23.2 Å². The Bertz CT molecular complexity index is 420. The second-order valence-corrected chi connectivity index (χ2v) is 5.84. The van der Waals surface area contributed by atoms with Crippen LogP contribution in [0.4, 0.5) is 0 Å². The first-order chi connectivity index (χ1) is 8.28. The molecule has 0 aliphatic rings. The monoisotopic (exact) mass is 288 g/mol. The van der Waals surface area contributed by atoms with E-state index in [1.807, 2.05) is 19.1 Å². The van der Waals surface area contributed by atoms with Crippen LogP contribution >= 0.6 is 23.2 Å². The van der Waals surface area contributed by atoms with Gasteiger partial charge in [-0.05, 0) is 19.8 Å². The second kappa shape index (κ2) is 5.60. The minimum Gasteiger partial charge on any atom is -0.386 e. The largest absolute Gasteiger partial charge is 0.386 e. The molecule has 1 rings (SSSR count). The number of benzene rings is 1. The van der Waals surface area contributed by atoms with Crippen molar-refractivity contribution >= 4 is 29.0 Å². The highest BCUT2D eigenvalue weighted by Gasteiger charge is 2.51. The van der Waals surface area contributed by atoms with Gasteiger partial charge in [0.15, 0.2) is 0 Å². The number of rotatable bonds is 5. The van der Waals surface area contributed by atoms with Crippen molar-refractivity contribution in [1.82, 2.24) is 0 Å². The van der Waals surface area contributed by atoms with E-state index in [0.717, 1.165) is 5.56 Å².